The zero-order chi connectivity index (χ0) is 16.7. The van der Waals surface area contributed by atoms with Gasteiger partial charge in [-0.25, -0.2) is 11.6 Å². The van der Waals surface area contributed by atoms with Crippen LogP contribution in [0.1, 0.15) is 39.0 Å². The maximum absolute atomic E-state index is 3.12. The first-order valence-electron chi connectivity index (χ1n) is 9.03. The Morgan fingerprint density at radius 3 is 2.32 bits per heavy atom. The summed E-state index contributed by atoms with van der Waals surface area (Å²) in [4.78, 5) is 0. The molecule has 25 heavy (non-hydrogen) atoms. The van der Waals surface area contributed by atoms with Crippen LogP contribution >= 0.6 is 0 Å². The van der Waals surface area contributed by atoms with Crippen molar-refractivity contribution < 1.29 is 48.1 Å². The van der Waals surface area contributed by atoms with Crippen LogP contribution < -0.4 is 24.8 Å². The van der Waals surface area contributed by atoms with E-state index in [1.807, 2.05) is 0 Å². The number of fused-ring (bicyclic) bond motifs is 3. The molecule has 0 bridgehead atoms. The monoisotopic (exact) mass is 470 g/mol. The molecule has 0 aromatic rings. The van der Waals surface area contributed by atoms with Crippen molar-refractivity contribution in [2.24, 2.45) is 23.7 Å². The van der Waals surface area contributed by atoms with Gasteiger partial charge in [0.05, 0.1) is 0 Å². The van der Waals surface area contributed by atoms with Gasteiger partial charge < -0.3 is 31.2 Å². The third-order valence-corrected chi connectivity index (χ3v) is 4.93. The number of allylic oxidation sites excluding steroid dienone is 8. The second kappa shape index (κ2) is 13.8. The molecule has 0 nitrogen and oxygen atoms in total. The van der Waals surface area contributed by atoms with E-state index in [2.05, 4.69) is 69.0 Å². The van der Waals surface area contributed by atoms with Crippen molar-refractivity contribution in [1.82, 2.24) is 0 Å². The van der Waals surface area contributed by atoms with Crippen molar-refractivity contribution in [3.8, 4) is 0 Å². The molecule has 0 amide bonds. The molecular weight excluding hydrogens is 442 g/mol. The molecule has 2 fully saturated rings. The van der Waals surface area contributed by atoms with Gasteiger partial charge in [-0.2, -0.15) is 12.0 Å². The Morgan fingerprint density at radius 1 is 1.12 bits per heavy atom. The molecule has 0 heterocycles. The quantitative estimate of drug-likeness (QED) is 0.340. The van der Waals surface area contributed by atoms with Crippen molar-refractivity contribution >= 4 is 5.43 Å². The molecule has 0 aliphatic heterocycles. The fourth-order valence-electron chi connectivity index (χ4n) is 3.97. The standard InChI is InChI=1S/C13H17.C6H7.C2H6Si.2ClH.Zr/c1-3-7-12-10(5-1)9-11-6-2-4-8-13(11)12;1-6-4-2-3-5-6;1-3-2;;;/h1,3,5,7,9-13H,2,4,6,8H2;2,4H,3H2,1H3;1-2H3;2*1H;/q2*-1;;;;+2/p-2. The van der Waals surface area contributed by atoms with Gasteiger partial charge in [-0.1, -0.05) is 56.8 Å². The predicted molar refractivity (Wildman–Crippen MR) is 98.7 cm³/mol. The average Bonchev–Trinajstić information content (AvgIpc) is 3.13. The molecule has 0 N–H and O–H groups in total. The van der Waals surface area contributed by atoms with E-state index < -0.39 is 0 Å². The van der Waals surface area contributed by atoms with E-state index in [0.717, 1.165) is 30.1 Å². The van der Waals surface area contributed by atoms with Crippen LogP contribution in [0.15, 0.2) is 42.0 Å². The second-order valence-electron chi connectivity index (χ2n) is 7.20. The van der Waals surface area contributed by atoms with Crippen LogP contribution in [0.4, 0.5) is 0 Å². The van der Waals surface area contributed by atoms with E-state index >= 15 is 0 Å². The topological polar surface area (TPSA) is 0 Å². The van der Waals surface area contributed by atoms with Crippen molar-refractivity contribution in [3.63, 3.8) is 0 Å². The molecule has 4 unspecified atom stereocenters. The molecule has 4 aliphatic carbocycles. The van der Waals surface area contributed by atoms with Crippen LogP contribution in [-0.2, 0) is 23.3 Å². The van der Waals surface area contributed by atoms with E-state index in [-0.39, 0.29) is 30.2 Å². The van der Waals surface area contributed by atoms with Gasteiger partial charge in [-0.15, -0.1) is 18.4 Å². The first kappa shape index (κ1) is 25.6. The Hall–Kier alpha value is 0.640. The van der Waals surface area contributed by atoms with Gasteiger partial charge in [0, 0.05) is 0 Å². The van der Waals surface area contributed by atoms with Gasteiger partial charge in [0.25, 0.3) is 0 Å². The van der Waals surface area contributed by atoms with Crippen molar-refractivity contribution in [2.45, 2.75) is 52.1 Å². The Bertz CT molecular complexity index is 515. The summed E-state index contributed by atoms with van der Waals surface area (Å²) in [7, 11) is 0. The Morgan fingerprint density at radius 2 is 1.76 bits per heavy atom. The molecule has 0 aromatic heterocycles. The van der Waals surface area contributed by atoms with Crippen LogP contribution in [0.25, 0.3) is 0 Å². The third-order valence-electron chi connectivity index (χ3n) is 4.93. The van der Waals surface area contributed by atoms with E-state index in [0.29, 0.717) is 0 Å². The molecule has 0 saturated heterocycles. The fraction of sp³-hybridized carbons (Fsp3) is 0.571. The van der Waals surface area contributed by atoms with Gasteiger partial charge in [-0.3, -0.25) is 6.08 Å². The van der Waals surface area contributed by atoms with E-state index in [9.17, 15) is 0 Å². The summed E-state index contributed by atoms with van der Waals surface area (Å²) in [6.07, 6.45) is 26.1. The maximum atomic E-state index is 3.12. The van der Waals surface area contributed by atoms with Crippen LogP contribution in [0.5, 0.6) is 0 Å². The zero-order valence-corrected chi connectivity index (χ0v) is 20.6. The van der Waals surface area contributed by atoms with Crippen LogP contribution in [0.2, 0.25) is 13.1 Å². The Balaban J connectivity index is 0.000000410. The van der Waals surface area contributed by atoms with E-state index in [4.69, 9.17) is 0 Å². The minimum atomic E-state index is 0. The van der Waals surface area contributed by atoms with Crippen molar-refractivity contribution in [3.05, 3.63) is 54.5 Å². The summed E-state index contributed by atoms with van der Waals surface area (Å²) < 4.78 is 0. The molecule has 0 spiro atoms. The predicted octanol–water partition coefficient (Wildman–Crippen LogP) is -0.143. The van der Waals surface area contributed by atoms with Crippen LogP contribution in [0, 0.1) is 36.2 Å². The minimum Gasteiger partial charge on any atom is -1.00 e. The summed E-state index contributed by atoms with van der Waals surface area (Å²) >= 11 is 1.74. The second-order valence-corrected chi connectivity index (χ2v) is 16.6. The summed E-state index contributed by atoms with van der Waals surface area (Å²) in [5.74, 6) is 3.56. The van der Waals surface area contributed by atoms with Crippen LogP contribution in [0.3, 0.4) is 0 Å². The molecule has 138 valence electrons. The zero-order valence-electron chi connectivity index (χ0n) is 15.6. The van der Waals surface area contributed by atoms with Gasteiger partial charge in [0.2, 0.25) is 0 Å². The normalized spacial score (nSPS) is 30.2. The first-order chi connectivity index (χ1) is 11.1. The third kappa shape index (κ3) is 8.91. The molecule has 4 aliphatic rings. The van der Waals surface area contributed by atoms with Crippen molar-refractivity contribution in [2.75, 3.05) is 0 Å². The smallest absolute Gasteiger partial charge is 1.00 e. The first-order valence-corrected chi connectivity index (χ1v) is 15.2. The number of halogens is 2. The molecule has 4 atom stereocenters. The van der Waals surface area contributed by atoms with Gasteiger partial charge >= 0.3 is 41.9 Å². The summed E-state index contributed by atoms with van der Waals surface area (Å²) in [5.41, 5.74) is 1.48. The maximum Gasteiger partial charge on any atom is -1.00 e. The Kier molecular flexibility index (Phi) is 14.1. The molecular formula is C21H30Cl2SiZr-2. The number of hydrogen-bond donors (Lipinski definition) is 0. The minimum absolute atomic E-state index is 0. The van der Waals surface area contributed by atoms with Crippen molar-refractivity contribution in [1.29, 1.82) is 0 Å². The van der Waals surface area contributed by atoms with E-state index in [1.165, 1.54) is 31.3 Å². The fourth-order valence-corrected chi connectivity index (χ4v) is 3.97. The SMILES string of the molecule is C1=CC2[CH-]C3CCCCC3C2C=C1.CC1=[C-]CC=C1.C[Si](C)=[Zr+2].[Cl-].[Cl-]. The molecule has 4 heteroatoms. The number of hydrogen-bond acceptors (Lipinski definition) is 0. The summed E-state index contributed by atoms with van der Waals surface area (Å²) in [6, 6.07) is 0. The Labute approximate surface area is 182 Å². The van der Waals surface area contributed by atoms with Crippen LogP contribution in [-0.4, -0.2) is 5.43 Å². The largest absolute Gasteiger partial charge is 1.00 e. The van der Waals surface area contributed by atoms with Gasteiger partial charge in [-0.05, 0) is 5.92 Å². The van der Waals surface area contributed by atoms with Gasteiger partial charge in [0.1, 0.15) is 0 Å². The van der Waals surface area contributed by atoms with Gasteiger partial charge in [0.15, 0.2) is 0 Å². The summed E-state index contributed by atoms with van der Waals surface area (Å²) in [5, 5.41) is 0. The molecule has 4 rings (SSSR count). The summed E-state index contributed by atoms with van der Waals surface area (Å²) in [6.45, 7) is 6.68. The molecule has 0 aromatic carbocycles. The van der Waals surface area contributed by atoms with E-state index in [1.54, 1.807) is 23.3 Å². The molecule has 2 saturated carbocycles. The number of rotatable bonds is 0. The average molecular weight is 473 g/mol. The molecule has 0 radical (unpaired) electrons.